The van der Waals surface area contributed by atoms with E-state index in [1.165, 1.54) is 22.5 Å². The highest BCUT2D eigenvalue weighted by Crippen LogP contribution is 2.44. The number of benzene rings is 1. The Hall–Kier alpha value is -3.51. The van der Waals surface area contributed by atoms with Crippen LogP contribution in [0.25, 0.3) is 11.2 Å². The number of thioether (sulfide) groups is 1. The standard InChI is InChI=1S/C23H28F2N6O4S.C3H4O4/c1-2-7-36-23-27-21(26-15-9-12(15)11-3-4-13(24)14(25)8-11)18-22(28-23)31(30-29-18)16-10-17(35-6-5-32)20(34)19(16)33;4-2(5)1-3(6)7/h3-4,8,12,15-17,19-20,32-34H,2,5-7,9-10H2,1H3,(H,26,27,28);1H2,(H,4,5)(H,6,7)/p-2/t12-,15+,16+,17-,19-,20+;/m0./s1. The van der Waals surface area contributed by atoms with E-state index in [0.29, 0.717) is 27.7 Å². The number of anilines is 1. The van der Waals surface area contributed by atoms with E-state index in [2.05, 4.69) is 32.5 Å². The molecule has 1 aromatic carbocycles. The minimum Gasteiger partial charge on any atom is -0.550 e. The van der Waals surface area contributed by atoms with Gasteiger partial charge in [-0.05, 0) is 30.5 Å². The highest BCUT2D eigenvalue weighted by molar-refractivity contribution is 7.99. The fourth-order valence-electron chi connectivity index (χ4n) is 4.73. The Morgan fingerprint density at radius 1 is 1.14 bits per heavy atom. The molecule has 2 fully saturated rings. The molecule has 2 aliphatic rings. The lowest BCUT2D eigenvalue weighted by atomic mass is 10.1. The van der Waals surface area contributed by atoms with Gasteiger partial charge in [-0.15, -0.1) is 5.10 Å². The average molecular weight is 625 g/mol. The Balaban J connectivity index is 0.000000541. The summed E-state index contributed by atoms with van der Waals surface area (Å²) in [5, 5.41) is 61.1. The van der Waals surface area contributed by atoms with Crippen LogP contribution in [0.3, 0.4) is 0 Å². The molecule has 3 aromatic rings. The summed E-state index contributed by atoms with van der Waals surface area (Å²) in [6.07, 6.45) is -2.07. The second kappa shape index (κ2) is 14.3. The maximum atomic E-state index is 13.7. The summed E-state index contributed by atoms with van der Waals surface area (Å²) < 4.78 is 34.0. The van der Waals surface area contributed by atoms with Crippen molar-refractivity contribution in [2.24, 2.45) is 0 Å². The van der Waals surface area contributed by atoms with Gasteiger partial charge in [0.05, 0.1) is 25.4 Å². The zero-order chi connectivity index (χ0) is 31.3. The van der Waals surface area contributed by atoms with Crippen molar-refractivity contribution in [3.63, 3.8) is 0 Å². The van der Waals surface area contributed by atoms with Crippen molar-refractivity contribution in [3.8, 4) is 0 Å². The number of aromatic nitrogens is 5. The van der Waals surface area contributed by atoms with Gasteiger partial charge < -0.3 is 45.2 Å². The quantitative estimate of drug-likeness (QED) is 0.107. The number of fused-ring (bicyclic) bond motifs is 1. The number of rotatable bonds is 12. The van der Waals surface area contributed by atoms with Crippen LogP contribution in [-0.2, 0) is 14.3 Å². The van der Waals surface area contributed by atoms with Crippen molar-refractivity contribution in [2.45, 2.75) is 74.1 Å². The Bertz CT molecular complexity index is 1440. The summed E-state index contributed by atoms with van der Waals surface area (Å²) in [6, 6.07) is 3.26. The summed E-state index contributed by atoms with van der Waals surface area (Å²) in [4.78, 5) is 27.8. The zero-order valence-corrected chi connectivity index (χ0v) is 23.7. The first kappa shape index (κ1) is 32.4. The van der Waals surface area contributed by atoms with Gasteiger partial charge in [0.2, 0.25) is 0 Å². The van der Waals surface area contributed by atoms with Crippen LogP contribution < -0.4 is 15.5 Å². The van der Waals surface area contributed by atoms with E-state index in [-0.39, 0.29) is 31.6 Å². The van der Waals surface area contributed by atoms with E-state index in [1.807, 2.05) is 0 Å². The number of aliphatic hydroxyl groups is 3. The molecule has 2 saturated carbocycles. The SMILES string of the molecule is CCCSc1nc(N[C@@H]2C[C@H]2c2ccc(F)c(F)c2)c2nnn([C@@H]3C[C@H](OCCO)[C@@H](O)[C@H]3O)c2n1.O=C([O-])CC(=O)[O-]. The number of carboxylic acid groups (broad SMARTS) is 2. The van der Waals surface area contributed by atoms with Crippen molar-refractivity contribution in [2.75, 3.05) is 24.3 Å². The molecule has 0 radical (unpaired) electrons. The fraction of sp³-hybridized carbons (Fsp3) is 0.538. The molecule has 0 unspecified atom stereocenters. The lowest BCUT2D eigenvalue weighted by Crippen LogP contribution is -2.33. The van der Waals surface area contributed by atoms with Gasteiger partial charge in [-0.1, -0.05) is 30.0 Å². The smallest absolute Gasteiger partial charge is 0.191 e. The topological polar surface area (TPSA) is 219 Å². The maximum absolute atomic E-state index is 13.7. The van der Waals surface area contributed by atoms with Crippen LogP contribution in [-0.4, -0.2) is 95.5 Å². The van der Waals surface area contributed by atoms with Gasteiger partial charge >= 0.3 is 0 Å². The molecule has 0 aliphatic heterocycles. The van der Waals surface area contributed by atoms with E-state index in [0.717, 1.165) is 24.7 Å². The summed E-state index contributed by atoms with van der Waals surface area (Å²) in [5.74, 6) is -3.72. The van der Waals surface area contributed by atoms with Gasteiger partial charge in [0.1, 0.15) is 12.2 Å². The third-order valence-corrected chi connectivity index (χ3v) is 7.90. The molecule has 17 heteroatoms. The molecule has 0 amide bonds. The van der Waals surface area contributed by atoms with Crippen LogP contribution in [0, 0.1) is 11.6 Å². The number of hydrogen-bond acceptors (Lipinski definition) is 14. The first-order valence-corrected chi connectivity index (χ1v) is 14.5. The van der Waals surface area contributed by atoms with Gasteiger partial charge in [-0.2, -0.15) is 0 Å². The number of hydrogen-bond donors (Lipinski definition) is 4. The van der Waals surface area contributed by atoms with Crippen molar-refractivity contribution in [3.05, 3.63) is 35.4 Å². The zero-order valence-electron chi connectivity index (χ0n) is 22.9. The molecule has 234 valence electrons. The van der Waals surface area contributed by atoms with Crippen LogP contribution in [0.1, 0.15) is 50.1 Å². The number of aliphatic hydroxyl groups excluding tert-OH is 3. The summed E-state index contributed by atoms with van der Waals surface area (Å²) >= 11 is 1.48. The van der Waals surface area contributed by atoms with Crippen LogP contribution in [0.2, 0.25) is 0 Å². The summed E-state index contributed by atoms with van der Waals surface area (Å²) in [6.45, 7) is 1.91. The van der Waals surface area contributed by atoms with Crippen molar-refractivity contribution >= 4 is 40.7 Å². The number of nitrogens with one attached hydrogen (secondary N) is 1. The number of halogens is 2. The molecule has 2 aromatic heterocycles. The lowest BCUT2D eigenvalue weighted by molar-refractivity contribution is -0.322. The minimum absolute atomic E-state index is 0.00291. The number of nitrogens with zero attached hydrogens (tertiary/aromatic N) is 5. The molecule has 5 rings (SSSR count). The van der Waals surface area contributed by atoms with Crippen LogP contribution in [0.15, 0.2) is 23.4 Å². The molecular weight excluding hydrogens is 594 g/mol. The lowest BCUT2D eigenvalue weighted by Gasteiger charge is -2.17. The fourth-order valence-corrected chi connectivity index (χ4v) is 5.42. The molecule has 6 atom stereocenters. The largest absolute Gasteiger partial charge is 0.550 e. The molecule has 0 bridgehead atoms. The van der Waals surface area contributed by atoms with Crippen LogP contribution in [0.5, 0.6) is 0 Å². The van der Waals surface area contributed by atoms with E-state index in [1.54, 1.807) is 6.07 Å². The van der Waals surface area contributed by atoms with Gasteiger partial charge in [-0.3, -0.25) is 0 Å². The number of carboxylic acids is 2. The van der Waals surface area contributed by atoms with Crippen molar-refractivity contribution < 1.29 is 48.6 Å². The monoisotopic (exact) mass is 624 g/mol. The van der Waals surface area contributed by atoms with E-state index in [9.17, 15) is 38.8 Å². The molecule has 43 heavy (non-hydrogen) atoms. The number of carbonyl (C=O) groups excluding carboxylic acids is 2. The highest BCUT2D eigenvalue weighted by Gasteiger charge is 2.45. The van der Waals surface area contributed by atoms with Gasteiger partial charge in [0, 0.05) is 42.5 Å². The first-order chi connectivity index (χ1) is 20.5. The molecule has 14 nitrogen and oxygen atoms in total. The van der Waals surface area contributed by atoms with Crippen molar-refractivity contribution in [1.29, 1.82) is 0 Å². The number of carbonyl (C=O) groups is 2. The molecular formula is C26H30F2N6O8S-2. The van der Waals surface area contributed by atoms with E-state index < -0.39 is 54.3 Å². The number of aliphatic carboxylic acids is 2. The first-order valence-electron chi connectivity index (χ1n) is 13.5. The Kier molecular flexibility index (Phi) is 10.8. The maximum Gasteiger partial charge on any atom is 0.191 e. The number of ether oxygens (including phenoxy) is 1. The highest BCUT2D eigenvalue weighted by atomic mass is 32.2. The molecule has 4 N–H and O–H groups in total. The third kappa shape index (κ3) is 7.91. The van der Waals surface area contributed by atoms with Gasteiger partial charge in [0.15, 0.2) is 33.8 Å². The Morgan fingerprint density at radius 3 is 2.51 bits per heavy atom. The molecule has 2 heterocycles. The van der Waals surface area contributed by atoms with E-state index >= 15 is 0 Å². The minimum atomic E-state index is -1.63. The second-order valence-electron chi connectivity index (χ2n) is 10.0. The Morgan fingerprint density at radius 2 is 1.88 bits per heavy atom. The third-order valence-electron chi connectivity index (χ3n) is 6.85. The van der Waals surface area contributed by atoms with E-state index in [4.69, 9.17) is 9.84 Å². The Labute approximate surface area is 248 Å². The van der Waals surface area contributed by atoms with Crippen LogP contribution >= 0.6 is 11.8 Å². The predicted molar refractivity (Wildman–Crippen MR) is 142 cm³/mol. The second-order valence-corrected chi connectivity index (χ2v) is 11.1. The molecule has 0 saturated heterocycles. The van der Waals surface area contributed by atoms with Gasteiger partial charge in [0.25, 0.3) is 0 Å². The predicted octanol–water partition coefficient (Wildman–Crippen LogP) is -1.11. The summed E-state index contributed by atoms with van der Waals surface area (Å²) in [5.41, 5.74) is 1.53. The molecule has 0 spiro atoms. The summed E-state index contributed by atoms with van der Waals surface area (Å²) in [7, 11) is 0. The normalized spacial score (nSPS) is 24.4. The van der Waals surface area contributed by atoms with Crippen molar-refractivity contribution in [1.82, 2.24) is 25.0 Å². The van der Waals surface area contributed by atoms with Gasteiger partial charge in [-0.25, -0.2) is 23.4 Å². The van der Waals surface area contributed by atoms with Crippen LogP contribution in [0.4, 0.5) is 14.6 Å². The molecule has 2 aliphatic carbocycles. The average Bonchev–Trinajstić information content (AvgIpc) is 3.50.